The molecule has 0 unspecified atom stereocenters. The van der Waals surface area contributed by atoms with Crippen LogP contribution in [-0.2, 0) is 6.54 Å². The van der Waals surface area contributed by atoms with Gasteiger partial charge in [-0.25, -0.2) is 0 Å². The van der Waals surface area contributed by atoms with Crippen molar-refractivity contribution in [3.63, 3.8) is 0 Å². The molecule has 3 nitrogen and oxygen atoms in total. The van der Waals surface area contributed by atoms with E-state index in [1.807, 2.05) is 0 Å². The number of aromatic nitrogens is 1. The van der Waals surface area contributed by atoms with E-state index in [0.717, 1.165) is 18.6 Å². The molecule has 1 heterocycles. The van der Waals surface area contributed by atoms with Crippen LogP contribution in [-0.4, -0.2) is 34.4 Å². The fraction of sp³-hybridized carbons (Fsp3) is 0.556. The van der Waals surface area contributed by atoms with E-state index in [4.69, 9.17) is 0 Å². The summed E-state index contributed by atoms with van der Waals surface area (Å²) < 4.78 is 2.36. The number of nitrogens with zero attached hydrogens (tertiary/aromatic N) is 1. The predicted octanol–water partition coefficient (Wildman–Crippen LogP) is 4.71. The molecule has 0 aliphatic heterocycles. The molecule has 2 saturated carbocycles. The zero-order chi connectivity index (χ0) is 20.3. The Morgan fingerprint density at radius 1 is 0.733 bits per heavy atom. The summed E-state index contributed by atoms with van der Waals surface area (Å²) in [5.41, 5.74) is 2.49. The fourth-order valence-corrected chi connectivity index (χ4v) is 6.36. The minimum Gasteiger partial charge on any atom is -0.385 e. The van der Waals surface area contributed by atoms with Crippen molar-refractivity contribution in [2.45, 2.75) is 88.9 Å². The molecule has 0 saturated heterocycles. The van der Waals surface area contributed by atoms with Crippen molar-refractivity contribution in [2.24, 2.45) is 0 Å². The Morgan fingerprint density at radius 3 is 1.70 bits per heavy atom. The average Bonchev–Trinajstić information content (AvgIpc) is 3.12. The van der Waals surface area contributed by atoms with Gasteiger partial charge in [0.2, 0.25) is 0 Å². The number of hydrogen-bond donors (Lipinski definition) is 2. The van der Waals surface area contributed by atoms with Crippen LogP contribution < -0.4 is 4.90 Å². The van der Waals surface area contributed by atoms with E-state index < -0.39 is 0 Å². The molecular formula is C27H37N2O+. The minimum absolute atomic E-state index is 0.303. The van der Waals surface area contributed by atoms with Gasteiger partial charge in [-0.3, -0.25) is 0 Å². The number of aliphatic hydroxyl groups is 1. The van der Waals surface area contributed by atoms with E-state index in [1.165, 1.54) is 86.0 Å². The highest BCUT2D eigenvalue weighted by Gasteiger charge is 2.34. The molecular weight excluding hydrogens is 368 g/mol. The summed E-state index contributed by atoms with van der Waals surface area (Å²) in [5.74, 6) is 0. The van der Waals surface area contributed by atoms with Crippen LogP contribution in [0.3, 0.4) is 0 Å². The maximum absolute atomic E-state index is 11.3. The van der Waals surface area contributed by atoms with Gasteiger partial charge in [0.15, 0.2) is 0 Å². The van der Waals surface area contributed by atoms with E-state index in [-0.39, 0.29) is 6.10 Å². The first-order valence-electron chi connectivity index (χ1n) is 12.3. The molecule has 2 aromatic carbocycles. The lowest BCUT2D eigenvalue weighted by Crippen LogP contribution is -3.20. The smallest absolute Gasteiger partial charge is 0.121 e. The largest absolute Gasteiger partial charge is 0.385 e. The maximum atomic E-state index is 11.3. The standard InChI is InChI=1S/C27H36N2O/c30-23(19-28(21-11-3-1-4-12-21)22-13-5-2-6-14-22)20-29-26-17-9-7-15-24(26)25-16-8-10-18-27(25)29/h7-10,15-18,21-23,30H,1-6,11-14,19-20H2/p+1/t23-/m1/s1. The van der Waals surface area contributed by atoms with Gasteiger partial charge in [-0.15, -0.1) is 0 Å². The number of nitrogens with one attached hydrogen (secondary N) is 1. The summed E-state index contributed by atoms with van der Waals surface area (Å²) in [6, 6.07) is 18.8. The van der Waals surface area contributed by atoms with Crippen LogP contribution >= 0.6 is 0 Å². The Kier molecular flexibility index (Phi) is 6.10. The van der Waals surface area contributed by atoms with Crippen molar-refractivity contribution >= 4 is 21.8 Å². The highest BCUT2D eigenvalue weighted by molar-refractivity contribution is 6.07. The van der Waals surface area contributed by atoms with Crippen LogP contribution in [0.25, 0.3) is 21.8 Å². The summed E-state index contributed by atoms with van der Waals surface area (Å²) in [5, 5.41) is 13.9. The molecule has 3 heteroatoms. The van der Waals surface area contributed by atoms with Gasteiger partial charge in [0.25, 0.3) is 0 Å². The monoisotopic (exact) mass is 405 g/mol. The van der Waals surface area contributed by atoms with Crippen molar-refractivity contribution in [3.8, 4) is 0 Å². The molecule has 3 aromatic rings. The summed E-state index contributed by atoms with van der Waals surface area (Å²) in [6.07, 6.45) is 13.4. The number of quaternary nitrogens is 1. The Labute approximate surface area is 180 Å². The molecule has 30 heavy (non-hydrogen) atoms. The van der Waals surface area contributed by atoms with Crippen LogP contribution in [0.5, 0.6) is 0 Å². The number of hydrogen-bond acceptors (Lipinski definition) is 1. The van der Waals surface area contributed by atoms with Gasteiger partial charge in [-0.2, -0.15) is 0 Å². The Balaban J connectivity index is 1.40. The normalized spacial score (nSPS) is 20.3. The Hall–Kier alpha value is -1.84. The maximum Gasteiger partial charge on any atom is 0.121 e. The third kappa shape index (κ3) is 4.02. The molecule has 2 aliphatic rings. The average molecular weight is 406 g/mol. The van der Waals surface area contributed by atoms with Crippen molar-refractivity contribution in [2.75, 3.05) is 6.54 Å². The predicted molar refractivity (Wildman–Crippen MR) is 125 cm³/mol. The molecule has 0 amide bonds. The van der Waals surface area contributed by atoms with Crippen LogP contribution in [0, 0.1) is 0 Å². The second kappa shape index (κ2) is 9.11. The number of rotatable bonds is 6. The van der Waals surface area contributed by atoms with Crippen molar-refractivity contribution in [1.82, 2.24) is 4.57 Å². The summed E-state index contributed by atoms with van der Waals surface area (Å²) >= 11 is 0. The highest BCUT2D eigenvalue weighted by atomic mass is 16.3. The van der Waals surface area contributed by atoms with Crippen molar-refractivity contribution in [3.05, 3.63) is 48.5 Å². The lowest BCUT2D eigenvalue weighted by Gasteiger charge is -2.39. The minimum atomic E-state index is -0.303. The zero-order valence-corrected chi connectivity index (χ0v) is 18.2. The molecule has 2 N–H and O–H groups in total. The van der Waals surface area contributed by atoms with Gasteiger partial charge in [-0.1, -0.05) is 49.2 Å². The van der Waals surface area contributed by atoms with Crippen molar-refractivity contribution in [1.29, 1.82) is 0 Å². The van der Waals surface area contributed by atoms with E-state index >= 15 is 0 Å². The third-order valence-electron chi connectivity index (χ3n) is 7.80. The number of aliphatic hydroxyl groups excluding tert-OH is 1. The second-order valence-electron chi connectivity index (χ2n) is 9.75. The molecule has 1 aromatic heterocycles. The van der Waals surface area contributed by atoms with Gasteiger partial charge < -0.3 is 14.6 Å². The topological polar surface area (TPSA) is 29.6 Å². The van der Waals surface area contributed by atoms with Gasteiger partial charge in [0.05, 0.1) is 18.6 Å². The second-order valence-corrected chi connectivity index (χ2v) is 9.75. The number of fused-ring (bicyclic) bond motifs is 3. The molecule has 2 aliphatic carbocycles. The molecule has 0 bridgehead atoms. The lowest BCUT2D eigenvalue weighted by molar-refractivity contribution is -0.955. The van der Waals surface area contributed by atoms with E-state index in [0.29, 0.717) is 6.54 Å². The van der Waals surface area contributed by atoms with Gasteiger partial charge in [0, 0.05) is 21.8 Å². The summed E-state index contributed by atoms with van der Waals surface area (Å²) in [7, 11) is 0. The summed E-state index contributed by atoms with van der Waals surface area (Å²) in [6.45, 7) is 1.59. The van der Waals surface area contributed by atoms with Crippen LogP contribution in [0.4, 0.5) is 0 Å². The molecule has 2 fully saturated rings. The first-order chi connectivity index (χ1) is 14.8. The number of benzene rings is 2. The molecule has 5 rings (SSSR count). The molecule has 160 valence electrons. The third-order valence-corrected chi connectivity index (χ3v) is 7.80. The van der Waals surface area contributed by atoms with E-state index in [1.54, 1.807) is 4.90 Å². The van der Waals surface area contributed by atoms with Crippen LogP contribution in [0.15, 0.2) is 48.5 Å². The summed E-state index contributed by atoms with van der Waals surface area (Å²) in [4.78, 5) is 1.72. The van der Waals surface area contributed by atoms with Crippen molar-refractivity contribution < 1.29 is 10.0 Å². The first-order valence-corrected chi connectivity index (χ1v) is 12.3. The molecule has 0 radical (unpaired) electrons. The number of para-hydroxylation sites is 2. The van der Waals surface area contributed by atoms with Crippen LogP contribution in [0.2, 0.25) is 0 Å². The zero-order valence-electron chi connectivity index (χ0n) is 18.2. The van der Waals surface area contributed by atoms with E-state index in [2.05, 4.69) is 53.1 Å². The SMILES string of the molecule is O[C@@H](Cn1c2ccccc2c2ccccc21)C[NH+](C1CCCCC1)C1CCCCC1. The fourth-order valence-electron chi connectivity index (χ4n) is 6.36. The van der Waals surface area contributed by atoms with Gasteiger partial charge >= 0.3 is 0 Å². The van der Waals surface area contributed by atoms with Gasteiger partial charge in [-0.05, 0) is 63.5 Å². The highest BCUT2D eigenvalue weighted by Crippen LogP contribution is 2.29. The Morgan fingerprint density at radius 2 is 1.20 bits per heavy atom. The Bertz CT molecular complexity index is 894. The quantitative estimate of drug-likeness (QED) is 0.611. The van der Waals surface area contributed by atoms with Gasteiger partial charge in [0.1, 0.15) is 12.6 Å². The first kappa shape index (κ1) is 20.1. The van der Waals surface area contributed by atoms with E-state index in [9.17, 15) is 5.11 Å². The lowest BCUT2D eigenvalue weighted by atomic mass is 9.88. The van der Waals surface area contributed by atoms with Crippen LogP contribution in [0.1, 0.15) is 64.2 Å². The molecule has 0 spiro atoms. The molecule has 1 atom stereocenters.